The summed E-state index contributed by atoms with van der Waals surface area (Å²) in [5.74, 6) is 0.431. The lowest BCUT2D eigenvalue weighted by molar-refractivity contribution is 0.0633. The Bertz CT molecular complexity index is 834. The SMILES string of the molecule is CN(Cc1ccc2c(c1)nc(N)n2CC(C)(C)O)c1ccccc1. The van der Waals surface area contributed by atoms with Gasteiger partial charge in [-0.15, -0.1) is 0 Å². The minimum absolute atomic E-state index is 0.415. The van der Waals surface area contributed by atoms with E-state index in [1.807, 2.05) is 28.8 Å². The lowest BCUT2D eigenvalue weighted by atomic mass is 10.1. The molecule has 5 nitrogen and oxygen atoms in total. The van der Waals surface area contributed by atoms with Crippen LogP contribution in [0.3, 0.4) is 0 Å². The summed E-state index contributed by atoms with van der Waals surface area (Å²) in [5, 5.41) is 10.1. The number of aliphatic hydroxyl groups is 1. The Morgan fingerprint density at radius 3 is 2.54 bits per heavy atom. The van der Waals surface area contributed by atoms with Crippen molar-refractivity contribution in [3.8, 4) is 0 Å². The third kappa shape index (κ3) is 3.51. The van der Waals surface area contributed by atoms with Crippen LogP contribution in [0.15, 0.2) is 48.5 Å². The second-order valence-electron chi connectivity index (χ2n) is 6.88. The summed E-state index contributed by atoms with van der Waals surface area (Å²) in [7, 11) is 2.07. The minimum Gasteiger partial charge on any atom is -0.389 e. The predicted octanol–water partition coefficient (Wildman–Crippen LogP) is 3.03. The van der Waals surface area contributed by atoms with Crippen LogP contribution in [0.1, 0.15) is 19.4 Å². The van der Waals surface area contributed by atoms with Crippen molar-refractivity contribution in [3.63, 3.8) is 0 Å². The molecule has 5 heteroatoms. The van der Waals surface area contributed by atoms with Gasteiger partial charge < -0.3 is 20.3 Å². The van der Waals surface area contributed by atoms with Crippen LogP contribution >= 0.6 is 0 Å². The van der Waals surface area contributed by atoms with Crippen molar-refractivity contribution in [3.05, 3.63) is 54.1 Å². The summed E-state index contributed by atoms with van der Waals surface area (Å²) in [6.07, 6.45) is 0. The van der Waals surface area contributed by atoms with Gasteiger partial charge in [-0.25, -0.2) is 4.98 Å². The number of imidazole rings is 1. The fourth-order valence-electron chi connectivity index (χ4n) is 2.89. The quantitative estimate of drug-likeness (QED) is 0.757. The standard InChI is InChI=1S/C19H24N4O/c1-19(2,24)13-23-17-10-9-14(11-16(17)21-18(23)20)12-22(3)15-7-5-4-6-8-15/h4-11,24H,12-13H2,1-3H3,(H2,20,21). The van der Waals surface area contributed by atoms with Gasteiger partial charge in [0.1, 0.15) is 0 Å². The molecule has 0 saturated heterocycles. The van der Waals surface area contributed by atoms with E-state index in [0.717, 1.165) is 17.6 Å². The van der Waals surface area contributed by atoms with Crippen LogP contribution in [0.4, 0.5) is 11.6 Å². The zero-order valence-electron chi connectivity index (χ0n) is 14.4. The summed E-state index contributed by atoms with van der Waals surface area (Å²) < 4.78 is 1.86. The molecule has 126 valence electrons. The number of benzene rings is 2. The molecular weight excluding hydrogens is 300 g/mol. The number of nitrogens with zero attached hydrogens (tertiary/aromatic N) is 3. The molecule has 3 N–H and O–H groups in total. The topological polar surface area (TPSA) is 67.3 Å². The van der Waals surface area contributed by atoms with Gasteiger partial charge in [-0.3, -0.25) is 0 Å². The predicted molar refractivity (Wildman–Crippen MR) is 99.0 cm³/mol. The number of hydrogen-bond donors (Lipinski definition) is 2. The maximum Gasteiger partial charge on any atom is 0.201 e. The monoisotopic (exact) mass is 324 g/mol. The molecule has 0 unspecified atom stereocenters. The zero-order chi connectivity index (χ0) is 17.3. The van der Waals surface area contributed by atoms with Crippen LogP contribution in [-0.2, 0) is 13.1 Å². The summed E-state index contributed by atoms with van der Waals surface area (Å²) in [6.45, 7) is 4.74. The highest BCUT2D eigenvalue weighted by Crippen LogP contribution is 2.23. The number of anilines is 2. The van der Waals surface area contributed by atoms with Gasteiger partial charge in [-0.2, -0.15) is 0 Å². The fourth-order valence-corrected chi connectivity index (χ4v) is 2.89. The first-order valence-electron chi connectivity index (χ1n) is 8.07. The van der Waals surface area contributed by atoms with Crippen molar-refractivity contribution in [2.24, 2.45) is 0 Å². The van der Waals surface area contributed by atoms with Crippen LogP contribution in [0.25, 0.3) is 11.0 Å². The van der Waals surface area contributed by atoms with E-state index in [-0.39, 0.29) is 0 Å². The highest BCUT2D eigenvalue weighted by atomic mass is 16.3. The number of aromatic nitrogens is 2. The van der Waals surface area contributed by atoms with Gasteiger partial charge in [-0.05, 0) is 43.7 Å². The molecule has 0 aliphatic heterocycles. The van der Waals surface area contributed by atoms with Gasteiger partial charge in [0, 0.05) is 19.3 Å². The Hall–Kier alpha value is -2.53. The number of fused-ring (bicyclic) bond motifs is 1. The smallest absolute Gasteiger partial charge is 0.201 e. The van der Waals surface area contributed by atoms with E-state index in [2.05, 4.69) is 41.2 Å². The molecule has 0 aliphatic rings. The van der Waals surface area contributed by atoms with Crippen LogP contribution in [-0.4, -0.2) is 27.3 Å². The van der Waals surface area contributed by atoms with Gasteiger partial charge >= 0.3 is 0 Å². The summed E-state index contributed by atoms with van der Waals surface area (Å²) in [4.78, 5) is 6.64. The number of nitrogens with two attached hydrogens (primary N) is 1. The van der Waals surface area contributed by atoms with E-state index >= 15 is 0 Å². The first-order valence-corrected chi connectivity index (χ1v) is 8.07. The minimum atomic E-state index is -0.839. The van der Waals surface area contributed by atoms with Gasteiger partial charge in [0.2, 0.25) is 5.95 Å². The Balaban J connectivity index is 1.87. The van der Waals surface area contributed by atoms with Crippen molar-refractivity contribution in [2.75, 3.05) is 17.7 Å². The molecular formula is C19H24N4O. The molecule has 0 atom stereocenters. The highest BCUT2D eigenvalue weighted by molar-refractivity contribution is 5.79. The molecule has 0 radical (unpaired) electrons. The molecule has 0 saturated carbocycles. The van der Waals surface area contributed by atoms with E-state index in [1.165, 1.54) is 11.3 Å². The molecule has 3 aromatic rings. The van der Waals surface area contributed by atoms with Gasteiger partial charge in [0.15, 0.2) is 0 Å². The molecule has 3 rings (SSSR count). The third-order valence-corrected chi connectivity index (χ3v) is 4.00. The fraction of sp³-hybridized carbons (Fsp3) is 0.316. The van der Waals surface area contributed by atoms with Crippen LogP contribution in [0, 0.1) is 0 Å². The van der Waals surface area contributed by atoms with E-state index < -0.39 is 5.60 Å². The summed E-state index contributed by atoms with van der Waals surface area (Å²) >= 11 is 0. The zero-order valence-corrected chi connectivity index (χ0v) is 14.4. The summed E-state index contributed by atoms with van der Waals surface area (Å²) in [6, 6.07) is 16.4. The molecule has 0 bridgehead atoms. The number of rotatable bonds is 5. The molecule has 1 aromatic heterocycles. The van der Waals surface area contributed by atoms with E-state index in [9.17, 15) is 5.11 Å². The van der Waals surface area contributed by atoms with Crippen molar-refractivity contribution >= 4 is 22.7 Å². The van der Waals surface area contributed by atoms with Crippen LogP contribution < -0.4 is 10.6 Å². The first-order chi connectivity index (χ1) is 11.3. The van der Waals surface area contributed by atoms with Crippen LogP contribution in [0.2, 0.25) is 0 Å². The largest absolute Gasteiger partial charge is 0.389 e. The Morgan fingerprint density at radius 1 is 1.17 bits per heavy atom. The lowest BCUT2D eigenvalue weighted by Crippen LogP contribution is -2.26. The first kappa shape index (κ1) is 16.3. The van der Waals surface area contributed by atoms with Crippen molar-refractivity contribution in [2.45, 2.75) is 32.5 Å². The molecule has 0 spiro atoms. The molecule has 0 fully saturated rings. The molecule has 1 heterocycles. The van der Waals surface area contributed by atoms with Crippen molar-refractivity contribution in [1.29, 1.82) is 0 Å². The van der Waals surface area contributed by atoms with Gasteiger partial charge in [0.25, 0.3) is 0 Å². The summed E-state index contributed by atoms with van der Waals surface area (Å²) in [5.41, 5.74) is 9.34. The van der Waals surface area contributed by atoms with Gasteiger partial charge in [0.05, 0.1) is 23.2 Å². The van der Waals surface area contributed by atoms with E-state index in [1.54, 1.807) is 13.8 Å². The maximum absolute atomic E-state index is 10.1. The second kappa shape index (κ2) is 6.17. The third-order valence-electron chi connectivity index (χ3n) is 4.00. The number of nitrogen functional groups attached to an aromatic ring is 1. The van der Waals surface area contributed by atoms with Crippen molar-refractivity contribution in [1.82, 2.24) is 9.55 Å². The lowest BCUT2D eigenvalue weighted by Gasteiger charge is -2.20. The highest BCUT2D eigenvalue weighted by Gasteiger charge is 2.18. The molecule has 0 amide bonds. The average Bonchev–Trinajstić information content (AvgIpc) is 2.82. The maximum atomic E-state index is 10.1. The average molecular weight is 324 g/mol. The van der Waals surface area contributed by atoms with Crippen LogP contribution in [0.5, 0.6) is 0 Å². The van der Waals surface area contributed by atoms with Crippen molar-refractivity contribution < 1.29 is 5.11 Å². The Labute approximate surface area is 142 Å². The molecule has 24 heavy (non-hydrogen) atoms. The Morgan fingerprint density at radius 2 is 1.88 bits per heavy atom. The number of hydrogen-bond acceptors (Lipinski definition) is 4. The molecule has 2 aromatic carbocycles. The Kier molecular flexibility index (Phi) is 4.20. The number of para-hydroxylation sites is 1. The molecule has 0 aliphatic carbocycles. The normalized spacial score (nSPS) is 11.8. The van der Waals surface area contributed by atoms with E-state index in [4.69, 9.17) is 5.73 Å². The van der Waals surface area contributed by atoms with Gasteiger partial charge in [-0.1, -0.05) is 24.3 Å². The van der Waals surface area contributed by atoms with E-state index in [0.29, 0.717) is 12.5 Å². The second-order valence-corrected chi connectivity index (χ2v) is 6.88.